The van der Waals surface area contributed by atoms with Crippen molar-refractivity contribution in [1.82, 2.24) is 14.8 Å². The molecule has 31 heavy (non-hydrogen) atoms. The van der Waals surface area contributed by atoms with Crippen molar-refractivity contribution in [3.05, 3.63) is 77.6 Å². The predicted octanol–water partition coefficient (Wildman–Crippen LogP) is 6.33. The van der Waals surface area contributed by atoms with E-state index >= 15 is 0 Å². The lowest BCUT2D eigenvalue weighted by atomic mass is 9.74. The summed E-state index contributed by atoms with van der Waals surface area (Å²) < 4.78 is 9.96. The highest BCUT2D eigenvalue weighted by atomic mass is 32.2. The Kier molecular flexibility index (Phi) is 4.30. The molecule has 2 aromatic carbocycles. The fourth-order valence-corrected chi connectivity index (χ4v) is 7.53. The van der Waals surface area contributed by atoms with Gasteiger partial charge < -0.3 is 4.74 Å². The van der Waals surface area contributed by atoms with Crippen molar-refractivity contribution in [1.29, 1.82) is 0 Å². The normalized spacial score (nSPS) is 21.0. The summed E-state index contributed by atoms with van der Waals surface area (Å²) >= 11 is 3.74. The van der Waals surface area contributed by atoms with Crippen molar-refractivity contribution in [3.63, 3.8) is 0 Å². The van der Waals surface area contributed by atoms with E-state index in [0.29, 0.717) is 5.92 Å². The van der Waals surface area contributed by atoms with Crippen LogP contribution in [-0.2, 0) is 0 Å². The molecule has 2 atom stereocenters. The first-order valence-electron chi connectivity index (χ1n) is 10.6. The van der Waals surface area contributed by atoms with Crippen LogP contribution in [0, 0.1) is 12.8 Å². The highest BCUT2D eigenvalue weighted by molar-refractivity contribution is 8.01. The zero-order valence-electron chi connectivity index (χ0n) is 17.7. The van der Waals surface area contributed by atoms with Gasteiger partial charge in [-0.2, -0.15) is 5.10 Å². The third-order valence-electron chi connectivity index (χ3n) is 6.36. The molecule has 4 aromatic rings. The van der Waals surface area contributed by atoms with Crippen molar-refractivity contribution in [2.45, 2.75) is 36.5 Å². The first kappa shape index (κ1) is 19.1. The molecule has 2 aliphatic heterocycles. The molecule has 2 aromatic heterocycles. The molecule has 4 heterocycles. The number of benzene rings is 2. The van der Waals surface area contributed by atoms with Crippen LogP contribution in [0.2, 0.25) is 0 Å². The van der Waals surface area contributed by atoms with Crippen molar-refractivity contribution in [2.75, 3.05) is 5.75 Å². The lowest BCUT2D eigenvalue weighted by Gasteiger charge is -2.45. The number of nitrogens with zero attached hydrogens (tertiary/aromatic N) is 3. The summed E-state index contributed by atoms with van der Waals surface area (Å²) in [6, 6.07) is 20.8. The zero-order valence-corrected chi connectivity index (χ0v) is 19.3. The minimum absolute atomic E-state index is 0.196. The van der Waals surface area contributed by atoms with Gasteiger partial charge in [0.1, 0.15) is 10.6 Å². The largest absolute Gasteiger partial charge is 0.471 e. The minimum Gasteiger partial charge on any atom is -0.471 e. The van der Waals surface area contributed by atoms with Crippen LogP contribution in [0.5, 0.6) is 5.88 Å². The number of para-hydroxylation sites is 1. The van der Waals surface area contributed by atoms with E-state index in [9.17, 15) is 0 Å². The highest BCUT2D eigenvalue weighted by Crippen LogP contribution is 2.57. The molecule has 2 aliphatic rings. The summed E-state index contributed by atoms with van der Waals surface area (Å²) in [5.41, 5.74) is 5.31. The number of aryl methyl sites for hydroxylation is 1. The van der Waals surface area contributed by atoms with Gasteiger partial charge in [-0.1, -0.05) is 48.5 Å². The van der Waals surface area contributed by atoms with Crippen molar-refractivity contribution < 1.29 is 4.74 Å². The molecule has 0 aliphatic carbocycles. The van der Waals surface area contributed by atoms with Gasteiger partial charge in [-0.05, 0) is 32.9 Å². The third kappa shape index (κ3) is 2.96. The average Bonchev–Trinajstić information content (AvgIpc) is 3.36. The summed E-state index contributed by atoms with van der Waals surface area (Å²) in [7, 11) is 0. The van der Waals surface area contributed by atoms with E-state index in [1.165, 1.54) is 21.0 Å². The van der Waals surface area contributed by atoms with Gasteiger partial charge in [0.25, 0.3) is 0 Å². The van der Waals surface area contributed by atoms with Gasteiger partial charge in [-0.15, -0.1) is 23.1 Å². The highest BCUT2D eigenvalue weighted by Gasteiger charge is 2.51. The first-order valence-corrected chi connectivity index (χ1v) is 12.4. The summed E-state index contributed by atoms with van der Waals surface area (Å²) in [5.74, 6) is 2.43. The predicted molar refractivity (Wildman–Crippen MR) is 127 cm³/mol. The number of aromatic nitrogens is 3. The van der Waals surface area contributed by atoms with Gasteiger partial charge in [0.15, 0.2) is 0 Å². The standard InChI is InChI=1S/C25H23N3OS2/c1-15-19-20-18(14-30-24-21(20)26-22(31-24)16-10-6-4-7-11-16)25(2,3)29-23(19)28(27-15)17-12-8-5-9-13-17/h4-13,18,20H,14H2,1-3H3. The second kappa shape index (κ2) is 6.97. The van der Waals surface area contributed by atoms with Gasteiger partial charge >= 0.3 is 0 Å². The number of hydrogen-bond donors (Lipinski definition) is 0. The molecule has 0 bridgehead atoms. The van der Waals surface area contributed by atoms with Gasteiger partial charge in [-0.3, -0.25) is 0 Å². The lowest BCUT2D eigenvalue weighted by molar-refractivity contribution is 0.0195. The fourth-order valence-electron chi connectivity index (χ4n) is 4.76. The number of fused-ring (bicyclic) bond motifs is 5. The van der Waals surface area contributed by atoms with Gasteiger partial charge in [0, 0.05) is 28.7 Å². The molecule has 6 rings (SSSR count). The molecule has 0 fully saturated rings. The summed E-state index contributed by atoms with van der Waals surface area (Å²) in [6.07, 6.45) is 0. The SMILES string of the molecule is Cc1nn(-c2ccccc2)c2c1C1c3nc(-c4ccccc4)sc3SCC1C(C)(C)O2. The van der Waals surface area contributed by atoms with Gasteiger partial charge in [-0.25, -0.2) is 9.67 Å². The maximum Gasteiger partial charge on any atom is 0.221 e. The minimum atomic E-state index is -0.308. The topological polar surface area (TPSA) is 39.9 Å². The molecule has 0 saturated carbocycles. The van der Waals surface area contributed by atoms with Crippen LogP contribution in [0.1, 0.15) is 36.7 Å². The quantitative estimate of drug-likeness (QED) is 0.361. The number of thiazole rings is 1. The van der Waals surface area contributed by atoms with Crippen molar-refractivity contribution in [3.8, 4) is 22.1 Å². The number of hydrogen-bond acceptors (Lipinski definition) is 5. The van der Waals surface area contributed by atoms with Crippen molar-refractivity contribution >= 4 is 23.1 Å². The summed E-state index contributed by atoms with van der Waals surface area (Å²) in [6.45, 7) is 6.52. The summed E-state index contributed by atoms with van der Waals surface area (Å²) in [4.78, 5) is 5.20. The summed E-state index contributed by atoms with van der Waals surface area (Å²) in [5, 5.41) is 6.01. The molecule has 0 amide bonds. The van der Waals surface area contributed by atoms with Crippen molar-refractivity contribution in [2.24, 2.45) is 5.92 Å². The Morgan fingerprint density at radius 2 is 1.74 bits per heavy atom. The Morgan fingerprint density at radius 3 is 2.48 bits per heavy atom. The molecule has 0 spiro atoms. The van der Waals surface area contributed by atoms with Crippen LogP contribution in [0.15, 0.2) is 64.9 Å². The average molecular weight is 446 g/mol. The molecular weight excluding hydrogens is 422 g/mol. The van der Waals surface area contributed by atoms with Gasteiger partial charge in [0.05, 0.1) is 21.3 Å². The number of rotatable bonds is 2. The Morgan fingerprint density at radius 1 is 1.03 bits per heavy atom. The monoisotopic (exact) mass is 445 g/mol. The van der Waals surface area contributed by atoms with E-state index in [2.05, 4.69) is 63.2 Å². The number of thioether (sulfide) groups is 1. The second-order valence-corrected chi connectivity index (χ2v) is 11.0. The smallest absolute Gasteiger partial charge is 0.221 e. The Bertz CT molecular complexity index is 1260. The fraction of sp³-hybridized carbons (Fsp3) is 0.280. The first-order chi connectivity index (χ1) is 15.0. The van der Waals surface area contributed by atoms with Crippen LogP contribution in [-0.4, -0.2) is 26.1 Å². The third-order valence-corrected chi connectivity index (χ3v) is 8.87. The molecule has 156 valence electrons. The maximum atomic E-state index is 6.66. The van der Waals surface area contributed by atoms with Crippen LogP contribution in [0.3, 0.4) is 0 Å². The van der Waals surface area contributed by atoms with Gasteiger partial charge in [0.2, 0.25) is 5.88 Å². The Hall–Kier alpha value is -2.57. The van der Waals surface area contributed by atoms with E-state index < -0.39 is 0 Å². The van der Waals surface area contributed by atoms with Crippen LogP contribution in [0.4, 0.5) is 0 Å². The second-order valence-electron chi connectivity index (χ2n) is 8.71. The molecule has 0 N–H and O–H groups in total. The van der Waals surface area contributed by atoms with Crippen LogP contribution < -0.4 is 4.74 Å². The van der Waals surface area contributed by atoms with Crippen LogP contribution >= 0.6 is 23.1 Å². The molecule has 6 heteroatoms. The zero-order chi connectivity index (χ0) is 21.2. The Balaban J connectivity index is 1.55. The maximum absolute atomic E-state index is 6.66. The van der Waals surface area contributed by atoms with E-state index in [0.717, 1.165) is 28.0 Å². The van der Waals surface area contributed by atoms with E-state index in [1.807, 2.05) is 46.0 Å². The molecule has 0 saturated heterocycles. The molecule has 4 nitrogen and oxygen atoms in total. The molecule has 2 unspecified atom stereocenters. The molecular formula is C25H23N3OS2. The van der Waals surface area contributed by atoms with E-state index in [1.54, 1.807) is 0 Å². The van der Waals surface area contributed by atoms with Crippen LogP contribution in [0.25, 0.3) is 16.3 Å². The Labute approximate surface area is 190 Å². The van der Waals surface area contributed by atoms with E-state index in [4.69, 9.17) is 14.8 Å². The lowest BCUT2D eigenvalue weighted by Crippen LogP contribution is -2.47. The number of ether oxygens (including phenoxy) is 1. The van der Waals surface area contributed by atoms with E-state index in [-0.39, 0.29) is 11.5 Å². The molecule has 0 radical (unpaired) electrons.